The van der Waals surface area contributed by atoms with Gasteiger partial charge in [0.2, 0.25) is 11.7 Å². The third-order valence-electron chi connectivity index (χ3n) is 2.28. The van der Waals surface area contributed by atoms with Gasteiger partial charge in [-0.25, -0.2) is 0 Å². The molecule has 0 aliphatic rings. The lowest BCUT2D eigenvalue weighted by Crippen LogP contribution is -1.96. The van der Waals surface area contributed by atoms with Crippen molar-refractivity contribution in [3.8, 4) is 11.4 Å². The molecule has 2 N–H and O–H groups in total. The van der Waals surface area contributed by atoms with Gasteiger partial charge in [-0.15, -0.1) is 0 Å². The van der Waals surface area contributed by atoms with E-state index in [0.717, 1.165) is 16.7 Å². The summed E-state index contributed by atoms with van der Waals surface area (Å²) in [6.07, 6.45) is 0. The summed E-state index contributed by atoms with van der Waals surface area (Å²) in [6, 6.07) is 3.94. The molecule has 0 aliphatic carbocycles. The van der Waals surface area contributed by atoms with Gasteiger partial charge in [-0.1, -0.05) is 28.4 Å². The smallest absolute Gasteiger partial charge is 0.240 e. The first-order valence-corrected chi connectivity index (χ1v) is 5.29. The summed E-state index contributed by atoms with van der Waals surface area (Å²) >= 11 is 6.20. The quantitative estimate of drug-likeness (QED) is 0.872. The Kier molecular flexibility index (Phi) is 2.94. The topological polar surface area (TPSA) is 64.9 Å². The molecule has 0 amide bonds. The lowest BCUT2D eigenvalue weighted by Gasteiger charge is -2.04. The van der Waals surface area contributed by atoms with Crippen LogP contribution in [-0.4, -0.2) is 10.1 Å². The number of rotatable bonds is 2. The van der Waals surface area contributed by atoms with Gasteiger partial charge in [0.25, 0.3) is 0 Å². The van der Waals surface area contributed by atoms with Crippen molar-refractivity contribution in [3.63, 3.8) is 0 Å². The molecule has 2 aromatic rings. The van der Waals surface area contributed by atoms with Gasteiger partial charge < -0.3 is 10.3 Å². The molecular weight excluding hydrogens is 226 g/mol. The number of hydrogen-bond donors (Lipinski definition) is 1. The molecule has 0 saturated heterocycles. The van der Waals surface area contributed by atoms with E-state index in [9.17, 15) is 0 Å². The molecule has 4 nitrogen and oxygen atoms in total. The van der Waals surface area contributed by atoms with Gasteiger partial charge in [-0.3, -0.25) is 0 Å². The molecular formula is C11H12ClN3O. The van der Waals surface area contributed by atoms with Gasteiger partial charge in [0.05, 0.1) is 11.6 Å². The second-order valence-electron chi connectivity index (χ2n) is 3.66. The normalized spacial score (nSPS) is 10.8. The highest BCUT2D eigenvalue weighted by atomic mass is 35.5. The van der Waals surface area contributed by atoms with Crippen molar-refractivity contribution < 1.29 is 4.52 Å². The number of aromatic nitrogens is 2. The van der Waals surface area contributed by atoms with Gasteiger partial charge in [0.15, 0.2) is 0 Å². The van der Waals surface area contributed by atoms with E-state index in [1.54, 1.807) is 0 Å². The zero-order chi connectivity index (χ0) is 11.7. The van der Waals surface area contributed by atoms with Crippen LogP contribution in [0.1, 0.15) is 17.0 Å². The Morgan fingerprint density at radius 1 is 1.38 bits per heavy atom. The molecule has 1 aromatic carbocycles. The average Bonchev–Trinajstić information content (AvgIpc) is 2.71. The summed E-state index contributed by atoms with van der Waals surface area (Å²) < 4.78 is 4.96. The van der Waals surface area contributed by atoms with Crippen molar-refractivity contribution >= 4 is 11.6 Å². The van der Waals surface area contributed by atoms with Crippen molar-refractivity contribution in [2.24, 2.45) is 5.73 Å². The predicted molar refractivity (Wildman–Crippen MR) is 62.1 cm³/mol. The Morgan fingerprint density at radius 3 is 2.75 bits per heavy atom. The van der Waals surface area contributed by atoms with Crippen LogP contribution in [0, 0.1) is 13.8 Å². The van der Waals surface area contributed by atoms with Crippen molar-refractivity contribution in [1.82, 2.24) is 10.1 Å². The lowest BCUT2D eigenvalue weighted by molar-refractivity contribution is 0.380. The van der Waals surface area contributed by atoms with Gasteiger partial charge >= 0.3 is 0 Å². The third kappa shape index (κ3) is 1.94. The second-order valence-corrected chi connectivity index (χ2v) is 4.04. The fourth-order valence-electron chi connectivity index (χ4n) is 1.56. The summed E-state index contributed by atoms with van der Waals surface area (Å²) in [4.78, 5) is 4.15. The van der Waals surface area contributed by atoms with Crippen LogP contribution >= 0.6 is 11.6 Å². The monoisotopic (exact) mass is 237 g/mol. The first kappa shape index (κ1) is 11.1. The third-order valence-corrected chi connectivity index (χ3v) is 2.78. The summed E-state index contributed by atoms with van der Waals surface area (Å²) in [5.41, 5.74) is 8.29. The highest BCUT2D eigenvalue weighted by Gasteiger charge is 2.13. The van der Waals surface area contributed by atoms with Crippen LogP contribution in [-0.2, 0) is 6.54 Å². The summed E-state index contributed by atoms with van der Waals surface area (Å²) in [5, 5.41) is 4.50. The Labute approximate surface area is 98.4 Å². The summed E-state index contributed by atoms with van der Waals surface area (Å²) in [5.74, 6) is 0.891. The Balaban J connectivity index is 2.54. The fourth-order valence-corrected chi connectivity index (χ4v) is 1.75. The van der Waals surface area contributed by atoms with Gasteiger partial charge in [0.1, 0.15) is 0 Å². The molecule has 0 spiro atoms. The first-order valence-electron chi connectivity index (χ1n) is 4.91. The molecule has 0 fully saturated rings. The van der Waals surface area contributed by atoms with E-state index in [1.807, 2.05) is 26.0 Å². The number of benzene rings is 1. The Bertz CT molecular complexity index is 522. The van der Waals surface area contributed by atoms with Gasteiger partial charge in [0, 0.05) is 5.56 Å². The largest absolute Gasteiger partial charge is 0.338 e. The number of nitrogens with two attached hydrogens (primary N) is 1. The Hall–Kier alpha value is -1.39. The van der Waals surface area contributed by atoms with Crippen molar-refractivity contribution in [1.29, 1.82) is 0 Å². The molecule has 0 atom stereocenters. The van der Waals surface area contributed by atoms with E-state index in [0.29, 0.717) is 16.7 Å². The minimum atomic E-state index is 0.232. The highest BCUT2D eigenvalue weighted by molar-refractivity contribution is 6.34. The number of hydrogen-bond acceptors (Lipinski definition) is 4. The molecule has 0 bridgehead atoms. The molecule has 0 saturated carbocycles. The number of halogens is 1. The summed E-state index contributed by atoms with van der Waals surface area (Å²) in [7, 11) is 0. The molecule has 0 aliphatic heterocycles. The minimum absolute atomic E-state index is 0.232. The van der Waals surface area contributed by atoms with Gasteiger partial charge in [-0.2, -0.15) is 4.98 Å². The van der Waals surface area contributed by atoms with E-state index >= 15 is 0 Å². The molecule has 84 valence electrons. The van der Waals surface area contributed by atoms with E-state index < -0.39 is 0 Å². The van der Waals surface area contributed by atoms with Crippen LogP contribution in [0.5, 0.6) is 0 Å². The molecule has 2 rings (SSSR count). The van der Waals surface area contributed by atoms with Crippen LogP contribution in [0.25, 0.3) is 11.4 Å². The molecule has 1 heterocycles. The molecule has 16 heavy (non-hydrogen) atoms. The lowest BCUT2D eigenvalue weighted by atomic mass is 10.1. The number of nitrogens with zero attached hydrogens (tertiary/aromatic N) is 2. The molecule has 0 radical (unpaired) electrons. The molecule has 5 heteroatoms. The zero-order valence-electron chi connectivity index (χ0n) is 9.12. The maximum atomic E-state index is 6.20. The number of aryl methyl sites for hydroxylation is 2. The minimum Gasteiger partial charge on any atom is -0.338 e. The Morgan fingerprint density at radius 2 is 2.12 bits per heavy atom. The van der Waals surface area contributed by atoms with Crippen molar-refractivity contribution in [2.45, 2.75) is 20.4 Å². The maximum absolute atomic E-state index is 6.20. The standard InChI is InChI=1S/C11H12ClN3O/c1-6-3-7(2)10(12)8(4-6)11-14-9(5-13)16-15-11/h3-4H,5,13H2,1-2H3. The predicted octanol–water partition coefficient (Wildman–Crippen LogP) is 2.47. The van der Waals surface area contributed by atoms with Crippen molar-refractivity contribution in [2.75, 3.05) is 0 Å². The van der Waals surface area contributed by atoms with Gasteiger partial charge in [-0.05, 0) is 25.5 Å². The van der Waals surface area contributed by atoms with E-state index in [-0.39, 0.29) is 6.54 Å². The van der Waals surface area contributed by atoms with Crippen LogP contribution in [0.3, 0.4) is 0 Å². The van der Waals surface area contributed by atoms with E-state index in [2.05, 4.69) is 10.1 Å². The fraction of sp³-hybridized carbons (Fsp3) is 0.273. The van der Waals surface area contributed by atoms with Crippen LogP contribution in [0.2, 0.25) is 5.02 Å². The van der Waals surface area contributed by atoms with Crippen LogP contribution in [0.15, 0.2) is 16.7 Å². The highest BCUT2D eigenvalue weighted by Crippen LogP contribution is 2.29. The maximum Gasteiger partial charge on any atom is 0.240 e. The van der Waals surface area contributed by atoms with E-state index in [1.165, 1.54) is 0 Å². The molecule has 0 unspecified atom stereocenters. The second kappa shape index (κ2) is 4.23. The van der Waals surface area contributed by atoms with E-state index in [4.69, 9.17) is 21.9 Å². The van der Waals surface area contributed by atoms with Crippen LogP contribution in [0.4, 0.5) is 0 Å². The summed E-state index contributed by atoms with van der Waals surface area (Å²) in [6.45, 7) is 4.18. The van der Waals surface area contributed by atoms with Crippen molar-refractivity contribution in [3.05, 3.63) is 34.2 Å². The zero-order valence-corrected chi connectivity index (χ0v) is 9.88. The molecule has 1 aromatic heterocycles. The first-order chi connectivity index (χ1) is 7.61. The van der Waals surface area contributed by atoms with Crippen LogP contribution < -0.4 is 5.73 Å². The SMILES string of the molecule is Cc1cc(C)c(Cl)c(-c2noc(CN)n2)c1. The average molecular weight is 238 g/mol.